The van der Waals surface area contributed by atoms with Gasteiger partial charge < -0.3 is 9.84 Å². The van der Waals surface area contributed by atoms with Crippen LogP contribution in [0.4, 0.5) is 13.2 Å². The largest absolute Gasteiger partial charge is 0.504 e. The van der Waals surface area contributed by atoms with E-state index in [1.807, 2.05) is 0 Å². The van der Waals surface area contributed by atoms with E-state index < -0.39 is 11.2 Å². The summed E-state index contributed by atoms with van der Waals surface area (Å²) < 4.78 is 41.6. The standard InChI is InChI=1S/C9H5F3N2O2S/c10-9(11,12)7-13-14-8(17-7)16-6-4-2-1-3-5(6)15/h1-4,15H. The third-order valence-corrected chi connectivity index (χ3v) is 2.56. The molecule has 2 rings (SSSR count). The molecular formula is C9H5F3N2O2S. The molecule has 0 aliphatic carbocycles. The van der Waals surface area contributed by atoms with Gasteiger partial charge >= 0.3 is 6.18 Å². The van der Waals surface area contributed by atoms with Gasteiger partial charge in [0.1, 0.15) is 0 Å². The summed E-state index contributed by atoms with van der Waals surface area (Å²) in [6, 6.07) is 5.88. The highest BCUT2D eigenvalue weighted by Crippen LogP contribution is 2.37. The van der Waals surface area contributed by atoms with Gasteiger partial charge in [-0.3, -0.25) is 0 Å². The predicted octanol–water partition coefficient (Wildman–Crippen LogP) is 3.05. The number of aromatic hydroxyl groups is 1. The van der Waals surface area contributed by atoms with Crippen molar-refractivity contribution in [1.82, 2.24) is 10.2 Å². The number of aromatic nitrogens is 2. The van der Waals surface area contributed by atoms with Gasteiger partial charge in [-0.1, -0.05) is 28.6 Å². The number of phenolic OH excluding ortho intramolecular Hbond substituents is 1. The molecule has 90 valence electrons. The maximum atomic E-state index is 12.2. The maximum absolute atomic E-state index is 12.2. The van der Waals surface area contributed by atoms with Gasteiger partial charge in [-0.05, 0) is 12.1 Å². The number of nitrogens with zero attached hydrogens (tertiary/aromatic N) is 2. The minimum absolute atomic E-state index is 0.0253. The molecule has 0 saturated heterocycles. The van der Waals surface area contributed by atoms with Crippen LogP contribution < -0.4 is 4.74 Å². The Balaban J connectivity index is 2.21. The van der Waals surface area contributed by atoms with Crippen molar-refractivity contribution in [2.75, 3.05) is 0 Å². The number of alkyl halides is 3. The Labute approximate surface area is 97.3 Å². The highest BCUT2D eigenvalue weighted by atomic mass is 32.1. The summed E-state index contributed by atoms with van der Waals surface area (Å²) >= 11 is 0.263. The summed E-state index contributed by atoms with van der Waals surface area (Å²) in [7, 11) is 0. The van der Waals surface area contributed by atoms with E-state index in [1.165, 1.54) is 12.1 Å². The van der Waals surface area contributed by atoms with Crippen molar-refractivity contribution in [2.45, 2.75) is 6.18 Å². The van der Waals surface area contributed by atoms with E-state index in [0.29, 0.717) is 0 Å². The minimum atomic E-state index is -4.54. The molecular weight excluding hydrogens is 257 g/mol. The summed E-state index contributed by atoms with van der Waals surface area (Å²) in [5.74, 6) is -0.159. The van der Waals surface area contributed by atoms with Crippen molar-refractivity contribution >= 4 is 11.3 Å². The molecule has 1 aromatic heterocycles. The first-order chi connectivity index (χ1) is 7.97. The summed E-state index contributed by atoms with van der Waals surface area (Å²) in [6.45, 7) is 0. The first-order valence-electron chi connectivity index (χ1n) is 4.33. The number of hydrogen-bond donors (Lipinski definition) is 1. The Morgan fingerprint density at radius 2 is 1.88 bits per heavy atom. The molecule has 0 fully saturated rings. The fourth-order valence-electron chi connectivity index (χ4n) is 1.00. The van der Waals surface area contributed by atoms with Crippen LogP contribution in [0.1, 0.15) is 5.01 Å². The molecule has 0 aliphatic rings. The molecule has 4 nitrogen and oxygen atoms in total. The van der Waals surface area contributed by atoms with Crippen molar-refractivity contribution in [3.05, 3.63) is 29.3 Å². The summed E-state index contributed by atoms with van der Waals surface area (Å²) in [5.41, 5.74) is 0. The summed E-state index contributed by atoms with van der Waals surface area (Å²) in [6.07, 6.45) is -4.54. The molecule has 8 heteroatoms. The van der Waals surface area contributed by atoms with Crippen molar-refractivity contribution in [1.29, 1.82) is 0 Å². The molecule has 0 bridgehead atoms. The van der Waals surface area contributed by atoms with Crippen LogP contribution in [-0.4, -0.2) is 15.3 Å². The van der Waals surface area contributed by atoms with Crippen LogP contribution in [0.2, 0.25) is 0 Å². The van der Waals surface area contributed by atoms with Crippen LogP contribution >= 0.6 is 11.3 Å². The molecule has 0 unspecified atom stereocenters. The average Bonchev–Trinajstić information content (AvgIpc) is 2.69. The third-order valence-electron chi connectivity index (χ3n) is 1.71. The van der Waals surface area contributed by atoms with Crippen LogP contribution in [-0.2, 0) is 6.18 Å². The van der Waals surface area contributed by atoms with Crippen LogP contribution in [0.5, 0.6) is 16.7 Å². The van der Waals surface area contributed by atoms with Gasteiger partial charge in [0.15, 0.2) is 11.5 Å². The molecule has 0 radical (unpaired) electrons. The molecule has 0 spiro atoms. The molecule has 2 aromatic rings. The first-order valence-corrected chi connectivity index (χ1v) is 5.15. The SMILES string of the molecule is Oc1ccccc1Oc1nnc(C(F)(F)F)s1. The fourth-order valence-corrected chi connectivity index (χ4v) is 1.58. The van der Waals surface area contributed by atoms with Gasteiger partial charge in [0.2, 0.25) is 5.01 Å². The number of hydrogen-bond acceptors (Lipinski definition) is 5. The topological polar surface area (TPSA) is 55.2 Å². The molecule has 1 aromatic carbocycles. The van der Waals surface area contributed by atoms with E-state index in [0.717, 1.165) is 0 Å². The van der Waals surface area contributed by atoms with Crippen molar-refractivity contribution in [2.24, 2.45) is 0 Å². The smallest absolute Gasteiger partial charge is 0.445 e. The lowest BCUT2D eigenvalue weighted by molar-refractivity contribution is -0.138. The Morgan fingerprint density at radius 3 is 2.47 bits per heavy atom. The van der Waals surface area contributed by atoms with Crippen LogP contribution in [0, 0.1) is 0 Å². The number of rotatable bonds is 2. The van der Waals surface area contributed by atoms with Crippen LogP contribution in [0.25, 0.3) is 0 Å². The van der Waals surface area contributed by atoms with Gasteiger partial charge in [-0.25, -0.2) is 0 Å². The molecule has 1 heterocycles. The van der Waals surface area contributed by atoms with Crippen molar-refractivity contribution in [3.8, 4) is 16.7 Å². The second-order valence-electron chi connectivity index (χ2n) is 2.94. The zero-order valence-corrected chi connectivity index (χ0v) is 8.92. The lowest BCUT2D eigenvalue weighted by Gasteiger charge is -2.02. The molecule has 1 N–H and O–H groups in total. The number of ether oxygens (including phenoxy) is 1. The third kappa shape index (κ3) is 2.64. The highest BCUT2D eigenvalue weighted by Gasteiger charge is 2.36. The second kappa shape index (κ2) is 4.21. The van der Waals surface area contributed by atoms with E-state index in [-0.39, 0.29) is 28.0 Å². The maximum Gasteiger partial charge on any atom is 0.445 e. The van der Waals surface area contributed by atoms with E-state index in [9.17, 15) is 18.3 Å². The highest BCUT2D eigenvalue weighted by molar-refractivity contribution is 7.13. The Hall–Kier alpha value is -1.83. The van der Waals surface area contributed by atoms with Gasteiger partial charge in [0.05, 0.1) is 0 Å². The number of phenols is 1. The molecule has 0 aliphatic heterocycles. The molecule has 0 amide bonds. The lowest BCUT2D eigenvalue weighted by atomic mass is 10.3. The van der Waals surface area contributed by atoms with Gasteiger partial charge in [-0.15, -0.1) is 5.10 Å². The number of para-hydroxylation sites is 2. The molecule has 0 atom stereocenters. The van der Waals surface area contributed by atoms with E-state index in [2.05, 4.69) is 10.2 Å². The minimum Gasteiger partial charge on any atom is -0.504 e. The predicted molar refractivity (Wildman–Crippen MR) is 53.1 cm³/mol. The van der Waals surface area contributed by atoms with Gasteiger partial charge in [-0.2, -0.15) is 13.2 Å². The normalized spacial score (nSPS) is 11.5. The summed E-state index contributed by atoms with van der Waals surface area (Å²) in [4.78, 5) is 0. The van der Waals surface area contributed by atoms with E-state index in [4.69, 9.17) is 4.74 Å². The average molecular weight is 262 g/mol. The number of benzene rings is 1. The van der Waals surface area contributed by atoms with Crippen LogP contribution in [0.3, 0.4) is 0 Å². The zero-order chi connectivity index (χ0) is 12.5. The Bertz CT molecular complexity index is 527. The number of halogens is 3. The second-order valence-corrected chi connectivity index (χ2v) is 3.88. The van der Waals surface area contributed by atoms with E-state index >= 15 is 0 Å². The molecule has 0 saturated carbocycles. The van der Waals surface area contributed by atoms with Crippen molar-refractivity contribution < 1.29 is 23.0 Å². The van der Waals surface area contributed by atoms with Gasteiger partial charge in [0.25, 0.3) is 5.19 Å². The van der Waals surface area contributed by atoms with E-state index in [1.54, 1.807) is 12.1 Å². The van der Waals surface area contributed by atoms with Crippen molar-refractivity contribution in [3.63, 3.8) is 0 Å². The summed E-state index contributed by atoms with van der Waals surface area (Å²) in [5, 5.41) is 14.2. The Morgan fingerprint density at radius 1 is 1.18 bits per heavy atom. The fraction of sp³-hybridized carbons (Fsp3) is 0.111. The molecule has 17 heavy (non-hydrogen) atoms. The lowest BCUT2D eigenvalue weighted by Crippen LogP contribution is -2.03. The monoisotopic (exact) mass is 262 g/mol. The van der Waals surface area contributed by atoms with Crippen LogP contribution in [0.15, 0.2) is 24.3 Å². The Kier molecular flexibility index (Phi) is 2.88. The quantitative estimate of drug-likeness (QED) is 0.903. The van der Waals surface area contributed by atoms with Gasteiger partial charge in [0, 0.05) is 0 Å². The first kappa shape index (κ1) is 11.6. The zero-order valence-electron chi connectivity index (χ0n) is 8.10.